The highest BCUT2D eigenvalue weighted by molar-refractivity contribution is 6.31. The fourth-order valence-electron chi connectivity index (χ4n) is 4.21. The van der Waals surface area contributed by atoms with E-state index in [1.807, 2.05) is 24.3 Å². The summed E-state index contributed by atoms with van der Waals surface area (Å²) in [6, 6.07) is 14.4. The number of hydrogen-bond donors (Lipinski definition) is 2. The summed E-state index contributed by atoms with van der Waals surface area (Å²) in [5, 5.41) is 20.7. The average molecular weight is 499 g/mol. The van der Waals surface area contributed by atoms with E-state index in [1.54, 1.807) is 38.2 Å². The minimum atomic E-state index is -0.767. The van der Waals surface area contributed by atoms with Crippen molar-refractivity contribution in [2.24, 2.45) is 13.0 Å². The maximum absolute atomic E-state index is 12.6. The molecule has 1 fully saturated rings. The van der Waals surface area contributed by atoms with Crippen LogP contribution in [0.2, 0.25) is 5.02 Å². The molecular formula is C25H27ClN4O5. The Morgan fingerprint density at radius 2 is 1.91 bits per heavy atom. The van der Waals surface area contributed by atoms with E-state index < -0.39 is 18.2 Å². The van der Waals surface area contributed by atoms with Gasteiger partial charge in [0.25, 0.3) is 0 Å². The number of halogens is 1. The smallest absolute Gasteiger partial charge is 0.413 e. The number of ether oxygens (including phenoxy) is 2. The van der Waals surface area contributed by atoms with Crippen molar-refractivity contribution in [1.29, 1.82) is 0 Å². The number of carbonyl (C=O) groups is 2. The summed E-state index contributed by atoms with van der Waals surface area (Å²) in [7, 11) is 1.67. The van der Waals surface area contributed by atoms with Gasteiger partial charge in [-0.2, -0.15) is 0 Å². The van der Waals surface area contributed by atoms with Crippen molar-refractivity contribution < 1.29 is 24.2 Å². The van der Waals surface area contributed by atoms with Gasteiger partial charge < -0.3 is 14.6 Å². The Morgan fingerprint density at radius 1 is 1.17 bits per heavy atom. The van der Waals surface area contributed by atoms with Crippen molar-refractivity contribution in [2.75, 3.05) is 5.32 Å². The van der Waals surface area contributed by atoms with Crippen LogP contribution in [0.5, 0.6) is 5.75 Å². The monoisotopic (exact) mass is 498 g/mol. The molecule has 0 spiro atoms. The number of rotatable bonds is 7. The lowest BCUT2D eigenvalue weighted by Crippen LogP contribution is -2.29. The Morgan fingerprint density at radius 3 is 2.63 bits per heavy atom. The number of carboxylic acids is 1. The number of nitrogens with one attached hydrogen (secondary N) is 1. The summed E-state index contributed by atoms with van der Waals surface area (Å²) in [4.78, 5) is 23.9. The highest BCUT2D eigenvalue weighted by Gasteiger charge is 2.28. The zero-order valence-electron chi connectivity index (χ0n) is 19.5. The molecule has 1 amide bonds. The number of anilines is 1. The van der Waals surface area contributed by atoms with Crippen molar-refractivity contribution in [3.8, 4) is 17.0 Å². The van der Waals surface area contributed by atoms with E-state index in [0.717, 1.165) is 18.4 Å². The molecule has 4 rings (SSSR count). The van der Waals surface area contributed by atoms with Crippen molar-refractivity contribution in [1.82, 2.24) is 15.0 Å². The fraction of sp³-hybridized carbons (Fsp3) is 0.360. The molecule has 0 bridgehead atoms. The Kier molecular flexibility index (Phi) is 7.55. The second-order valence-electron chi connectivity index (χ2n) is 8.57. The lowest BCUT2D eigenvalue weighted by Gasteiger charge is -2.27. The summed E-state index contributed by atoms with van der Waals surface area (Å²) < 4.78 is 13.0. The number of carbonyl (C=O) groups excluding carboxylic acids is 1. The molecule has 9 nitrogen and oxygen atoms in total. The van der Waals surface area contributed by atoms with Gasteiger partial charge in [-0.15, -0.1) is 5.10 Å². The van der Waals surface area contributed by atoms with Gasteiger partial charge in [-0.1, -0.05) is 35.0 Å². The first-order valence-electron chi connectivity index (χ1n) is 11.4. The van der Waals surface area contributed by atoms with Crippen molar-refractivity contribution >= 4 is 29.5 Å². The van der Waals surface area contributed by atoms with Gasteiger partial charge in [0, 0.05) is 23.2 Å². The minimum absolute atomic E-state index is 0.126. The zero-order valence-corrected chi connectivity index (χ0v) is 20.2. The predicted molar refractivity (Wildman–Crippen MR) is 130 cm³/mol. The molecule has 3 aromatic rings. The molecule has 0 saturated heterocycles. The van der Waals surface area contributed by atoms with Crippen LogP contribution < -0.4 is 10.1 Å². The van der Waals surface area contributed by atoms with Crippen LogP contribution in [-0.2, 0) is 16.6 Å². The highest BCUT2D eigenvalue weighted by atomic mass is 35.5. The predicted octanol–water partition coefficient (Wildman–Crippen LogP) is 5.47. The Labute approximate surface area is 208 Å². The van der Waals surface area contributed by atoms with Crippen LogP contribution in [0.15, 0.2) is 48.5 Å². The van der Waals surface area contributed by atoms with Crippen LogP contribution in [0, 0.1) is 5.92 Å². The second-order valence-corrected chi connectivity index (χ2v) is 8.98. The van der Waals surface area contributed by atoms with E-state index in [9.17, 15) is 14.7 Å². The zero-order chi connectivity index (χ0) is 24.9. The molecule has 0 radical (unpaired) electrons. The van der Waals surface area contributed by atoms with Crippen molar-refractivity contribution in [2.45, 2.75) is 44.8 Å². The lowest BCUT2D eigenvalue weighted by molar-refractivity contribution is -0.143. The Bertz CT molecular complexity index is 1200. The molecule has 1 heterocycles. The van der Waals surface area contributed by atoms with Crippen LogP contribution in [0.3, 0.4) is 0 Å². The van der Waals surface area contributed by atoms with Gasteiger partial charge in [0.15, 0.2) is 5.82 Å². The maximum Gasteiger partial charge on any atom is 0.413 e. The molecule has 10 heteroatoms. The van der Waals surface area contributed by atoms with Gasteiger partial charge in [0.05, 0.1) is 12.0 Å². The number of nitrogens with zero attached hydrogens (tertiary/aromatic N) is 3. The standard InChI is InChI=1S/C25H27ClN4O5/c1-15(20-8-3-4-9-21(20)26)34-25(33)27-23-22(28-29-30(23)2)16-10-12-18(13-11-16)35-19-7-5-6-17(14-19)24(31)32/h3-4,8-13,15,17,19H,5-7,14H2,1-2H3,(H,27,33)(H,31,32)/t15-,17?,19?/m1/s1. The summed E-state index contributed by atoms with van der Waals surface area (Å²) in [6.45, 7) is 1.74. The molecular weight excluding hydrogens is 472 g/mol. The number of aromatic nitrogens is 3. The number of aliphatic carboxylic acids is 1. The molecule has 1 aliphatic carbocycles. The molecule has 2 unspecified atom stereocenters. The average Bonchev–Trinajstić information content (AvgIpc) is 3.19. The van der Waals surface area contributed by atoms with Crippen LogP contribution >= 0.6 is 11.6 Å². The molecule has 35 heavy (non-hydrogen) atoms. The fourth-order valence-corrected chi connectivity index (χ4v) is 4.50. The second kappa shape index (κ2) is 10.8. The van der Waals surface area contributed by atoms with E-state index in [4.69, 9.17) is 21.1 Å². The largest absolute Gasteiger partial charge is 0.490 e. The normalized spacial score (nSPS) is 18.5. The Balaban J connectivity index is 1.42. The van der Waals surface area contributed by atoms with Crippen molar-refractivity contribution in [3.05, 3.63) is 59.1 Å². The molecule has 1 saturated carbocycles. The summed E-state index contributed by atoms with van der Waals surface area (Å²) in [6.07, 6.45) is 1.53. The van der Waals surface area contributed by atoms with E-state index >= 15 is 0 Å². The summed E-state index contributed by atoms with van der Waals surface area (Å²) in [5.41, 5.74) is 1.91. The van der Waals surface area contributed by atoms with Gasteiger partial charge in [0.2, 0.25) is 0 Å². The number of hydrogen-bond acceptors (Lipinski definition) is 6. The number of carboxylic acid groups (broad SMARTS) is 1. The van der Waals surface area contributed by atoms with Gasteiger partial charge in [-0.3, -0.25) is 10.1 Å². The molecule has 3 atom stereocenters. The first kappa shape index (κ1) is 24.5. The quantitative estimate of drug-likeness (QED) is 0.443. The van der Waals surface area contributed by atoms with Gasteiger partial charge in [-0.25, -0.2) is 9.48 Å². The molecule has 2 aromatic carbocycles. The van der Waals surface area contributed by atoms with E-state index in [2.05, 4.69) is 15.6 Å². The third kappa shape index (κ3) is 5.92. The maximum atomic E-state index is 12.6. The van der Waals surface area contributed by atoms with Gasteiger partial charge >= 0.3 is 12.1 Å². The number of amides is 1. The number of aryl methyl sites for hydroxylation is 1. The first-order valence-corrected chi connectivity index (χ1v) is 11.8. The van der Waals surface area contributed by atoms with Crippen LogP contribution in [0.1, 0.15) is 44.3 Å². The topological polar surface area (TPSA) is 116 Å². The van der Waals surface area contributed by atoms with E-state index in [1.165, 1.54) is 4.68 Å². The summed E-state index contributed by atoms with van der Waals surface area (Å²) in [5.74, 6) is -0.0967. The minimum Gasteiger partial charge on any atom is -0.490 e. The summed E-state index contributed by atoms with van der Waals surface area (Å²) >= 11 is 6.20. The van der Waals surface area contributed by atoms with Crippen LogP contribution in [-0.4, -0.2) is 38.3 Å². The van der Waals surface area contributed by atoms with Gasteiger partial charge in [0.1, 0.15) is 17.5 Å². The molecule has 0 aliphatic heterocycles. The SMILES string of the molecule is C[C@@H](OC(=O)Nc1c(-c2ccc(OC3CCCC(C(=O)O)C3)cc2)nnn1C)c1ccccc1Cl. The van der Waals surface area contributed by atoms with Gasteiger partial charge in [-0.05, 0) is 62.9 Å². The highest BCUT2D eigenvalue weighted by Crippen LogP contribution is 2.31. The lowest BCUT2D eigenvalue weighted by atomic mass is 9.87. The molecule has 184 valence electrons. The van der Waals surface area contributed by atoms with Crippen LogP contribution in [0.25, 0.3) is 11.3 Å². The van der Waals surface area contributed by atoms with E-state index in [0.29, 0.717) is 40.7 Å². The van der Waals surface area contributed by atoms with Crippen LogP contribution in [0.4, 0.5) is 10.6 Å². The molecule has 1 aromatic heterocycles. The molecule has 2 N–H and O–H groups in total. The third-order valence-corrected chi connectivity index (χ3v) is 6.42. The molecule has 1 aliphatic rings. The first-order chi connectivity index (χ1) is 16.8. The van der Waals surface area contributed by atoms with E-state index in [-0.39, 0.29) is 12.0 Å². The number of benzene rings is 2. The third-order valence-electron chi connectivity index (χ3n) is 6.08. The van der Waals surface area contributed by atoms with Crippen molar-refractivity contribution in [3.63, 3.8) is 0 Å². The Hall–Kier alpha value is -3.59.